The molecular weight excluding hydrogens is 536 g/mol. The molecule has 204 valence electrons. The van der Waals surface area contributed by atoms with Crippen LogP contribution in [0, 0.1) is 6.92 Å². The van der Waals surface area contributed by atoms with Gasteiger partial charge in [0.1, 0.15) is 5.82 Å². The molecule has 4 aromatic rings. The largest absolute Gasteiger partial charge is 0.450 e. The number of hydrogen-bond acceptors (Lipinski definition) is 7. The first-order valence-corrected chi connectivity index (χ1v) is 14.2. The van der Waals surface area contributed by atoms with E-state index in [1.165, 1.54) is 11.3 Å². The topological polar surface area (TPSA) is 105 Å². The molecule has 1 unspecified atom stereocenters. The number of rotatable bonds is 6. The minimum Gasteiger partial charge on any atom is -0.450 e. The van der Waals surface area contributed by atoms with Gasteiger partial charge in [-0.2, -0.15) is 0 Å². The number of alkyl carbamates (subject to hydrolysis) is 1. The van der Waals surface area contributed by atoms with E-state index in [9.17, 15) is 14.7 Å². The number of amides is 1. The number of cyclic esters (lactones) is 1. The highest BCUT2D eigenvalue weighted by molar-refractivity contribution is 7.15. The molecule has 1 fully saturated rings. The molecule has 0 aliphatic carbocycles. The number of hydrogen-bond donors (Lipinski definition) is 3. The third-order valence-corrected chi connectivity index (χ3v) is 8.43. The summed E-state index contributed by atoms with van der Waals surface area (Å²) in [4.78, 5) is 32.1. The van der Waals surface area contributed by atoms with E-state index in [0.717, 1.165) is 39.4 Å². The average molecular weight is 567 g/mol. The molecule has 1 amide bonds. The monoisotopic (exact) mass is 566 g/mol. The first-order chi connectivity index (χ1) is 18.8. The van der Waals surface area contributed by atoms with Gasteiger partial charge >= 0.3 is 6.09 Å². The summed E-state index contributed by atoms with van der Waals surface area (Å²) < 4.78 is 6.85. The van der Waals surface area contributed by atoms with Crippen LogP contribution in [0.1, 0.15) is 48.6 Å². The van der Waals surface area contributed by atoms with Gasteiger partial charge in [-0.25, -0.2) is 9.78 Å². The number of nitrogens with zero attached hydrogens (tertiary/aromatic N) is 2. The Hall–Kier alpha value is -3.40. The van der Waals surface area contributed by atoms with Crippen molar-refractivity contribution in [1.29, 1.82) is 0 Å². The number of aliphatic hydroxyl groups is 1. The number of benzene rings is 2. The quantitative estimate of drug-likeness (QED) is 0.269. The predicted molar refractivity (Wildman–Crippen MR) is 156 cm³/mol. The molecule has 3 N–H and O–H groups in total. The fourth-order valence-corrected chi connectivity index (χ4v) is 5.89. The van der Waals surface area contributed by atoms with Crippen LogP contribution in [0.25, 0.3) is 21.3 Å². The maximum Gasteiger partial charge on any atom is 0.407 e. The van der Waals surface area contributed by atoms with E-state index in [4.69, 9.17) is 21.3 Å². The predicted octanol–water partition coefficient (Wildman–Crippen LogP) is 5.88. The van der Waals surface area contributed by atoms with Crippen LogP contribution in [0.5, 0.6) is 0 Å². The fourth-order valence-electron chi connectivity index (χ4n) is 4.79. The zero-order valence-corrected chi connectivity index (χ0v) is 23.4. The van der Waals surface area contributed by atoms with Crippen LogP contribution in [-0.2, 0) is 11.3 Å². The van der Waals surface area contributed by atoms with Gasteiger partial charge in [0.25, 0.3) is 5.56 Å². The van der Waals surface area contributed by atoms with E-state index in [-0.39, 0.29) is 11.6 Å². The summed E-state index contributed by atoms with van der Waals surface area (Å²) in [6.07, 6.45) is 1.28. The third kappa shape index (κ3) is 6.27. The van der Waals surface area contributed by atoms with Crippen molar-refractivity contribution in [1.82, 2.24) is 14.9 Å². The minimum atomic E-state index is -0.570. The first-order valence-electron chi connectivity index (χ1n) is 13.0. The maximum absolute atomic E-state index is 13.8. The van der Waals surface area contributed by atoms with Crippen LogP contribution < -0.4 is 16.2 Å². The number of carbonyl (C=O) groups excluding carboxylic acids is 1. The molecule has 10 heteroatoms. The van der Waals surface area contributed by atoms with Crippen LogP contribution >= 0.6 is 22.9 Å². The molecule has 0 radical (unpaired) electrons. The number of halogens is 1. The highest BCUT2D eigenvalue weighted by atomic mass is 35.5. The van der Waals surface area contributed by atoms with Crippen molar-refractivity contribution in [2.45, 2.75) is 51.8 Å². The van der Waals surface area contributed by atoms with Crippen molar-refractivity contribution >= 4 is 45.6 Å². The Morgan fingerprint density at radius 1 is 1.21 bits per heavy atom. The molecule has 5 rings (SSSR count). The van der Waals surface area contributed by atoms with E-state index in [2.05, 4.69) is 10.6 Å². The summed E-state index contributed by atoms with van der Waals surface area (Å²) in [6, 6.07) is 15.3. The van der Waals surface area contributed by atoms with Crippen molar-refractivity contribution < 1.29 is 14.6 Å². The van der Waals surface area contributed by atoms with Gasteiger partial charge in [-0.3, -0.25) is 9.36 Å². The Labute approximate surface area is 235 Å². The second-order valence-electron chi connectivity index (χ2n) is 9.80. The Bertz CT molecular complexity index is 1550. The van der Waals surface area contributed by atoms with Gasteiger partial charge in [0.05, 0.1) is 30.2 Å². The number of carbonyl (C=O) groups is 1. The first kappa shape index (κ1) is 27.2. The number of nitrogens with one attached hydrogen (secondary N) is 2. The van der Waals surface area contributed by atoms with Crippen LogP contribution in [-0.4, -0.2) is 39.9 Å². The van der Waals surface area contributed by atoms with E-state index in [1.54, 1.807) is 11.5 Å². The molecule has 39 heavy (non-hydrogen) atoms. The Morgan fingerprint density at radius 3 is 2.74 bits per heavy atom. The summed E-state index contributed by atoms with van der Waals surface area (Å²) in [7, 11) is 0. The lowest BCUT2D eigenvalue weighted by Crippen LogP contribution is -2.29. The van der Waals surface area contributed by atoms with Crippen LogP contribution in [0.3, 0.4) is 0 Å². The fraction of sp³-hybridized carbons (Fsp3) is 0.345. The molecule has 0 bridgehead atoms. The Morgan fingerprint density at radius 2 is 2.00 bits per heavy atom. The minimum absolute atomic E-state index is 0.0640. The smallest absolute Gasteiger partial charge is 0.407 e. The number of thiophene rings is 1. The molecule has 8 nitrogen and oxygen atoms in total. The number of ether oxygens (including phenoxy) is 1. The number of aliphatic hydroxyl groups excluding tert-OH is 1. The summed E-state index contributed by atoms with van der Waals surface area (Å²) >= 11 is 7.56. The van der Waals surface area contributed by atoms with Gasteiger partial charge in [-0.05, 0) is 75.1 Å². The molecule has 2 atom stereocenters. The van der Waals surface area contributed by atoms with Gasteiger partial charge in [0, 0.05) is 38.6 Å². The number of fused-ring (bicyclic) bond motifs is 1. The van der Waals surface area contributed by atoms with Gasteiger partial charge in [0.2, 0.25) is 0 Å². The molecule has 1 saturated heterocycles. The Balaban J connectivity index is 1.58. The Kier molecular flexibility index (Phi) is 8.20. The lowest BCUT2D eigenvalue weighted by Gasteiger charge is -2.22. The highest BCUT2D eigenvalue weighted by Gasteiger charge is 2.19. The van der Waals surface area contributed by atoms with E-state index in [0.29, 0.717) is 47.9 Å². The van der Waals surface area contributed by atoms with E-state index < -0.39 is 12.2 Å². The second kappa shape index (κ2) is 11.8. The third-order valence-electron chi connectivity index (χ3n) is 6.89. The van der Waals surface area contributed by atoms with Crippen LogP contribution in [0.4, 0.5) is 10.5 Å². The van der Waals surface area contributed by atoms with E-state index in [1.807, 2.05) is 55.5 Å². The number of anilines is 1. The number of aryl methyl sites for hydroxylation is 1. The van der Waals surface area contributed by atoms with Gasteiger partial charge in [-0.15, -0.1) is 11.3 Å². The maximum atomic E-state index is 13.8. The summed E-state index contributed by atoms with van der Waals surface area (Å²) in [5.74, 6) is 0.622. The molecule has 2 aromatic carbocycles. The lowest BCUT2D eigenvalue weighted by atomic mass is 10.0. The molecule has 1 aliphatic heterocycles. The van der Waals surface area contributed by atoms with Gasteiger partial charge in [0.15, 0.2) is 0 Å². The van der Waals surface area contributed by atoms with Crippen LogP contribution in [0.2, 0.25) is 5.02 Å². The summed E-state index contributed by atoms with van der Waals surface area (Å²) in [6.45, 7) is 4.82. The van der Waals surface area contributed by atoms with Gasteiger partial charge < -0.3 is 20.5 Å². The molecule has 2 aromatic heterocycles. The molecule has 3 heterocycles. The summed E-state index contributed by atoms with van der Waals surface area (Å²) in [5.41, 5.74) is 3.19. The average Bonchev–Trinajstić information content (AvgIpc) is 3.43. The molecule has 0 spiro atoms. The second-order valence-corrected chi connectivity index (χ2v) is 11.4. The van der Waals surface area contributed by atoms with Crippen molar-refractivity contribution in [3.63, 3.8) is 0 Å². The molecular formula is C29H31ClN4O4S. The van der Waals surface area contributed by atoms with E-state index >= 15 is 0 Å². The van der Waals surface area contributed by atoms with Crippen molar-refractivity contribution in [3.8, 4) is 10.4 Å². The van der Waals surface area contributed by atoms with Gasteiger partial charge in [-0.1, -0.05) is 23.7 Å². The zero-order valence-electron chi connectivity index (χ0n) is 21.9. The van der Waals surface area contributed by atoms with Crippen molar-refractivity contribution in [2.24, 2.45) is 0 Å². The highest BCUT2D eigenvalue weighted by Crippen LogP contribution is 2.38. The zero-order chi connectivity index (χ0) is 27.5. The normalized spacial score (nSPS) is 17.0. The standard InChI is InChI=1S/C29H31ClN4O4S/c1-17(35)26-9-10-27(39-26)22-14-25-23(15-24(22)33-21-4-3-13-38-29(37)31-12-11-21)28(36)34(18(2)32-25)16-19-5-7-20(30)8-6-19/h5-10,14-15,17,21,33,35H,3-4,11-13,16H2,1-2H3,(H,31,37)/t17?,21-/m1/s1. The molecule has 1 aliphatic rings. The van der Waals surface area contributed by atoms with Crippen LogP contribution in [0.15, 0.2) is 53.3 Å². The molecule has 0 saturated carbocycles. The number of aromatic nitrogens is 2. The van der Waals surface area contributed by atoms with Crippen molar-refractivity contribution in [3.05, 3.63) is 80.2 Å². The lowest BCUT2D eigenvalue weighted by molar-refractivity contribution is 0.146. The summed E-state index contributed by atoms with van der Waals surface area (Å²) in [5, 5.41) is 17.7. The van der Waals surface area contributed by atoms with Crippen molar-refractivity contribution in [2.75, 3.05) is 18.5 Å². The SMILES string of the molecule is Cc1nc2cc(-c3ccc(C(C)O)s3)c(N[C@@H]3CCCOC(=O)NCC3)cc2c(=O)n1Cc1ccc(Cl)cc1.